The molecular weight excluding hydrogens is 262 g/mol. The fourth-order valence-electron chi connectivity index (χ4n) is 2.82. The van der Waals surface area contributed by atoms with E-state index in [-0.39, 0.29) is 5.92 Å². The van der Waals surface area contributed by atoms with Crippen molar-refractivity contribution < 1.29 is 4.79 Å². The summed E-state index contributed by atoms with van der Waals surface area (Å²) in [4.78, 5) is 14.1. The molecule has 0 spiro atoms. The molecule has 1 aliphatic rings. The lowest BCUT2D eigenvalue weighted by molar-refractivity contribution is -0.122. The van der Waals surface area contributed by atoms with E-state index in [1.54, 1.807) is 0 Å². The first-order chi connectivity index (χ1) is 9.97. The molecule has 1 aromatic rings. The second-order valence-corrected chi connectivity index (χ2v) is 6.85. The lowest BCUT2D eigenvalue weighted by Gasteiger charge is -2.32. The van der Waals surface area contributed by atoms with Crippen LogP contribution in [-0.2, 0) is 4.79 Å². The number of carbonyl (C=O) groups is 1. The van der Waals surface area contributed by atoms with Gasteiger partial charge in [0.05, 0.1) is 12.2 Å². The lowest BCUT2D eigenvalue weighted by Crippen LogP contribution is -2.36. The van der Waals surface area contributed by atoms with E-state index in [0.717, 1.165) is 32.5 Å². The van der Waals surface area contributed by atoms with Crippen molar-refractivity contribution in [2.75, 3.05) is 19.6 Å². The van der Waals surface area contributed by atoms with Crippen molar-refractivity contribution in [1.29, 1.82) is 0 Å². The van der Waals surface area contributed by atoms with Gasteiger partial charge in [0, 0.05) is 38.2 Å². The minimum Gasteiger partial charge on any atom is -0.303 e. The third kappa shape index (κ3) is 4.40. The Bertz CT molecular complexity index is 456. The van der Waals surface area contributed by atoms with E-state index in [1.807, 2.05) is 20.0 Å². The van der Waals surface area contributed by atoms with Crippen molar-refractivity contribution in [3.05, 3.63) is 18.0 Å². The average molecular weight is 291 g/mol. The molecule has 1 saturated heterocycles. The molecule has 1 aromatic heterocycles. The quantitative estimate of drug-likeness (QED) is 0.807. The second-order valence-electron chi connectivity index (χ2n) is 6.85. The molecule has 1 aliphatic heterocycles. The SMILES string of the molecule is CC(C)C(=O)CCN1CCC(n2cc(C(C)C)cn2)CC1. The molecule has 4 nitrogen and oxygen atoms in total. The summed E-state index contributed by atoms with van der Waals surface area (Å²) >= 11 is 0. The second kappa shape index (κ2) is 7.21. The van der Waals surface area contributed by atoms with E-state index >= 15 is 0 Å². The molecule has 2 rings (SSSR count). The number of hydrogen-bond donors (Lipinski definition) is 0. The molecule has 2 heterocycles. The molecule has 4 heteroatoms. The molecule has 0 bridgehead atoms. The Labute approximate surface area is 128 Å². The highest BCUT2D eigenvalue weighted by atomic mass is 16.1. The van der Waals surface area contributed by atoms with Crippen LogP contribution in [-0.4, -0.2) is 40.1 Å². The molecule has 0 aromatic carbocycles. The standard InChI is InChI=1S/C17H29N3O/c1-13(2)15-11-18-20(12-15)16-5-8-19(9-6-16)10-7-17(21)14(3)4/h11-14,16H,5-10H2,1-4H3. The summed E-state index contributed by atoms with van der Waals surface area (Å²) in [6, 6.07) is 0.523. The number of piperidine rings is 1. The van der Waals surface area contributed by atoms with Crippen molar-refractivity contribution >= 4 is 5.78 Å². The minimum atomic E-state index is 0.168. The molecule has 0 atom stereocenters. The van der Waals surface area contributed by atoms with Crippen LogP contribution in [0.5, 0.6) is 0 Å². The van der Waals surface area contributed by atoms with Gasteiger partial charge in [-0.25, -0.2) is 0 Å². The topological polar surface area (TPSA) is 38.1 Å². The molecule has 0 aliphatic carbocycles. The number of carbonyl (C=O) groups excluding carboxylic acids is 1. The lowest BCUT2D eigenvalue weighted by atomic mass is 10.0. The van der Waals surface area contributed by atoms with Crippen LogP contribution in [0.15, 0.2) is 12.4 Å². The average Bonchev–Trinajstić information content (AvgIpc) is 2.95. The predicted octanol–water partition coefficient (Wildman–Crippen LogP) is 3.26. The number of hydrogen-bond acceptors (Lipinski definition) is 3. The largest absolute Gasteiger partial charge is 0.303 e. The van der Waals surface area contributed by atoms with Crippen LogP contribution in [0, 0.1) is 5.92 Å². The zero-order chi connectivity index (χ0) is 15.4. The van der Waals surface area contributed by atoms with Crippen LogP contribution >= 0.6 is 0 Å². The van der Waals surface area contributed by atoms with Crippen molar-refractivity contribution in [1.82, 2.24) is 14.7 Å². The van der Waals surface area contributed by atoms with Gasteiger partial charge in [-0.1, -0.05) is 27.7 Å². The predicted molar refractivity (Wildman–Crippen MR) is 85.5 cm³/mol. The number of ketones is 1. The van der Waals surface area contributed by atoms with Gasteiger partial charge in [-0.05, 0) is 24.3 Å². The normalized spacial score (nSPS) is 17.8. The van der Waals surface area contributed by atoms with Crippen LogP contribution in [0.25, 0.3) is 0 Å². The Kier molecular flexibility index (Phi) is 5.57. The Morgan fingerprint density at radius 2 is 1.95 bits per heavy atom. The van der Waals surface area contributed by atoms with Gasteiger partial charge in [-0.2, -0.15) is 5.10 Å². The third-order valence-corrected chi connectivity index (χ3v) is 4.54. The number of rotatable bonds is 6. The maximum atomic E-state index is 11.7. The highest BCUT2D eigenvalue weighted by molar-refractivity contribution is 5.80. The van der Waals surface area contributed by atoms with Crippen LogP contribution in [0.2, 0.25) is 0 Å². The van der Waals surface area contributed by atoms with Gasteiger partial charge >= 0.3 is 0 Å². The number of aromatic nitrogens is 2. The van der Waals surface area contributed by atoms with E-state index in [1.165, 1.54) is 5.56 Å². The van der Waals surface area contributed by atoms with E-state index < -0.39 is 0 Å². The number of Topliss-reactive ketones (excluding diaryl/α,β-unsaturated/α-hetero) is 1. The summed E-state index contributed by atoms with van der Waals surface area (Å²) in [7, 11) is 0. The first-order valence-electron chi connectivity index (χ1n) is 8.26. The van der Waals surface area contributed by atoms with E-state index in [4.69, 9.17) is 0 Å². The Balaban J connectivity index is 1.78. The van der Waals surface area contributed by atoms with Crippen LogP contribution in [0.3, 0.4) is 0 Å². The Morgan fingerprint density at radius 1 is 1.29 bits per heavy atom. The molecule has 0 radical (unpaired) electrons. The molecule has 0 amide bonds. The molecule has 1 fully saturated rings. The molecule has 21 heavy (non-hydrogen) atoms. The zero-order valence-electron chi connectivity index (χ0n) is 13.9. The third-order valence-electron chi connectivity index (χ3n) is 4.54. The first-order valence-corrected chi connectivity index (χ1v) is 8.26. The molecule has 118 valence electrons. The van der Waals surface area contributed by atoms with Gasteiger partial charge in [0.2, 0.25) is 0 Å². The fourth-order valence-corrected chi connectivity index (χ4v) is 2.82. The van der Waals surface area contributed by atoms with Gasteiger partial charge in [0.15, 0.2) is 0 Å². The van der Waals surface area contributed by atoms with Crippen LogP contribution in [0.4, 0.5) is 0 Å². The first kappa shape index (κ1) is 16.2. The van der Waals surface area contributed by atoms with Crippen molar-refractivity contribution in [2.45, 2.75) is 58.9 Å². The summed E-state index contributed by atoms with van der Waals surface area (Å²) in [5.74, 6) is 1.09. The number of nitrogens with zero attached hydrogens (tertiary/aromatic N) is 3. The van der Waals surface area contributed by atoms with Crippen molar-refractivity contribution in [2.24, 2.45) is 5.92 Å². The summed E-state index contributed by atoms with van der Waals surface area (Å²) in [6.07, 6.45) is 7.16. The summed E-state index contributed by atoms with van der Waals surface area (Å²) in [5.41, 5.74) is 1.32. The van der Waals surface area contributed by atoms with E-state index in [2.05, 4.69) is 34.7 Å². The van der Waals surface area contributed by atoms with Crippen LogP contribution < -0.4 is 0 Å². The minimum absolute atomic E-state index is 0.168. The van der Waals surface area contributed by atoms with E-state index in [0.29, 0.717) is 24.2 Å². The van der Waals surface area contributed by atoms with E-state index in [9.17, 15) is 4.79 Å². The summed E-state index contributed by atoms with van der Waals surface area (Å²) < 4.78 is 2.14. The highest BCUT2D eigenvalue weighted by Gasteiger charge is 2.22. The highest BCUT2D eigenvalue weighted by Crippen LogP contribution is 2.24. The summed E-state index contributed by atoms with van der Waals surface area (Å²) in [6.45, 7) is 11.4. The Morgan fingerprint density at radius 3 is 2.48 bits per heavy atom. The van der Waals surface area contributed by atoms with Gasteiger partial charge in [0.1, 0.15) is 5.78 Å². The van der Waals surface area contributed by atoms with Crippen molar-refractivity contribution in [3.8, 4) is 0 Å². The van der Waals surface area contributed by atoms with Crippen LogP contribution in [0.1, 0.15) is 64.5 Å². The molecule has 0 N–H and O–H groups in total. The molecule has 0 saturated carbocycles. The summed E-state index contributed by atoms with van der Waals surface area (Å²) in [5, 5.41) is 4.53. The monoisotopic (exact) mass is 291 g/mol. The maximum absolute atomic E-state index is 11.7. The Hall–Kier alpha value is -1.16. The van der Waals surface area contributed by atoms with Gasteiger partial charge in [0.25, 0.3) is 0 Å². The molecule has 0 unspecified atom stereocenters. The van der Waals surface area contributed by atoms with Crippen molar-refractivity contribution in [3.63, 3.8) is 0 Å². The van der Waals surface area contributed by atoms with Gasteiger partial charge in [-0.3, -0.25) is 9.48 Å². The van der Waals surface area contributed by atoms with Gasteiger partial charge < -0.3 is 4.90 Å². The fraction of sp³-hybridized carbons (Fsp3) is 0.765. The molecular formula is C17H29N3O. The van der Waals surface area contributed by atoms with Gasteiger partial charge in [-0.15, -0.1) is 0 Å². The number of likely N-dealkylation sites (tertiary alicyclic amines) is 1. The smallest absolute Gasteiger partial charge is 0.136 e. The zero-order valence-corrected chi connectivity index (χ0v) is 13.9. The maximum Gasteiger partial charge on any atom is 0.136 e.